The van der Waals surface area contributed by atoms with E-state index < -0.39 is 0 Å². The van der Waals surface area contributed by atoms with Gasteiger partial charge in [-0.25, -0.2) is 9.97 Å². The smallest absolute Gasteiger partial charge is 0.253 e. The molecule has 0 unspecified atom stereocenters. The second-order valence-corrected chi connectivity index (χ2v) is 6.82. The van der Waals surface area contributed by atoms with Crippen molar-refractivity contribution < 1.29 is 4.79 Å². The van der Waals surface area contributed by atoms with Crippen molar-refractivity contribution in [2.75, 3.05) is 45.1 Å². The van der Waals surface area contributed by atoms with Crippen molar-refractivity contribution >= 4 is 11.7 Å². The fourth-order valence-corrected chi connectivity index (χ4v) is 3.00. The molecule has 1 aromatic heterocycles. The first-order chi connectivity index (χ1) is 12.6. The van der Waals surface area contributed by atoms with Gasteiger partial charge in [0.15, 0.2) is 5.82 Å². The van der Waals surface area contributed by atoms with Crippen molar-refractivity contribution in [2.24, 2.45) is 0 Å². The standard InChI is InChI=1S/C20H27N5O/c1-4-9-21-18-14-15(2)22-19(23-18)16-5-7-17(8-6-16)20(26)25-12-10-24(3)11-13-25/h5-8,14H,4,9-13H2,1-3H3,(H,21,22,23). The molecular formula is C20H27N5O. The first kappa shape index (κ1) is 18.3. The van der Waals surface area contributed by atoms with Crippen LogP contribution in [0.25, 0.3) is 11.4 Å². The van der Waals surface area contributed by atoms with Crippen LogP contribution in [0.5, 0.6) is 0 Å². The number of carbonyl (C=O) groups is 1. The molecule has 138 valence electrons. The summed E-state index contributed by atoms with van der Waals surface area (Å²) in [6.07, 6.45) is 1.04. The molecule has 0 saturated carbocycles. The van der Waals surface area contributed by atoms with Gasteiger partial charge < -0.3 is 15.1 Å². The Morgan fingerprint density at radius 1 is 1.12 bits per heavy atom. The molecule has 0 aliphatic carbocycles. The van der Waals surface area contributed by atoms with E-state index in [2.05, 4.69) is 34.2 Å². The van der Waals surface area contributed by atoms with Crippen molar-refractivity contribution in [3.63, 3.8) is 0 Å². The Morgan fingerprint density at radius 3 is 2.46 bits per heavy atom. The summed E-state index contributed by atoms with van der Waals surface area (Å²) in [5, 5.41) is 3.31. The third-order valence-electron chi connectivity index (χ3n) is 4.59. The summed E-state index contributed by atoms with van der Waals surface area (Å²) in [5.74, 6) is 1.62. The third-order valence-corrected chi connectivity index (χ3v) is 4.59. The van der Waals surface area contributed by atoms with Gasteiger partial charge in [0.2, 0.25) is 0 Å². The Balaban J connectivity index is 1.75. The summed E-state index contributed by atoms with van der Waals surface area (Å²) in [7, 11) is 2.09. The Kier molecular flexibility index (Phi) is 5.83. The highest BCUT2D eigenvalue weighted by Crippen LogP contribution is 2.19. The van der Waals surface area contributed by atoms with Crippen molar-refractivity contribution in [3.05, 3.63) is 41.6 Å². The lowest BCUT2D eigenvalue weighted by Crippen LogP contribution is -2.47. The van der Waals surface area contributed by atoms with E-state index in [-0.39, 0.29) is 5.91 Å². The first-order valence-electron chi connectivity index (χ1n) is 9.24. The average Bonchev–Trinajstić information content (AvgIpc) is 2.66. The Labute approximate surface area is 155 Å². The topological polar surface area (TPSA) is 61.4 Å². The molecule has 26 heavy (non-hydrogen) atoms. The van der Waals surface area contributed by atoms with E-state index in [1.54, 1.807) is 0 Å². The highest BCUT2D eigenvalue weighted by atomic mass is 16.2. The normalized spacial score (nSPS) is 15.1. The van der Waals surface area contributed by atoms with Crippen molar-refractivity contribution in [2.45, 2.75) is 20.3 Å². The second-order valence-electron chi connectivity index (χ2n) is 6.82. The number of piperazine rings is 1. The van der Waals surface area contributed by atoms with E-state index in [0.29, 0.717) is 5.82 Å². The maximum Gasteiger partial charge on any atom is 0.253 e. The second kappa shape index (κ2) is 8.27. The number of carbonyl (C=O) groups excluding carboxylic acids is 1. The maximum atomic E-state index is 12.6. The number of anilines is 1. The molecule has 1 N–H and O–H groups in total. The summed E-state index contributed by atoms with van der Waals surface area (Å²) < 4.78 is 0. The number of benzene rings is 1. The van der Waals surface area contributed by atoms with Gasteiger partial charge in [-0.2, -0.15) is 0 Å². The predicted octanol–water partition coefficient (Wildman–Crippen LogP) is 2.66. The molecule has 0 radical (unpaired) electrons. The fraction of sp³-hybridized carbons (Fsp3) is 0.450. The molecule has 6 nitrogen and oxygen atoms in total. The van der Waals surface area contributed by atoms with Crippen LogP contribution < -0.4 is 5.32 Å². The number of likely N-dealkylation sites (N-methyl/N-ethyl adjacent to an activating group) is 1. The molecule has 1 amide bonds. The molecule has 1 fully saturated rings. The zero-order valence-corrected chi connectivity index (χ0v) is 15.8. The Morgan fingerprint density at radius 2 is 1.81 bits per heavy atom. The number of hydrogen-bond donors (Lipinski definition) is 1. The van der Waals surface area contributed by atoms with E-state index in [0.717, 1.165) is 61.8 Å². The molecule has 1 aromatic carbocycles. The maximum absolute atomic E-state index is 12.6. The van der Waals surface area contributed by atoms with Crippen LogP contribution in [0.15, 0.2) is 30.3 Å². The summed E-state index contributed by atoms with van der Waals surface area (Å²) in [4.78, 5) is 25.9. The lowest BCUT2D eigenvalue weighted by Gasteiger charge is -2.32. The molecule has 2 aromatic rings. The molecule has 1 saturated heterocycles. The predicted molar refractivity (Wildman–Crippen MR) is 104 cm³/mol. The van der Waals surface area contributed by atoms with Crippen LogP contribution in [0.1, 0.15) is 29.4 Å². The van der Waals surface area contributed by atoms with Crippen molar-refractivity contribution in [3.8, 4) is 11.4 Å². The van der Waals surface area contributed by atoms with Crippen LogP contribution >= 0.6 is 0 Å². The van der Waals surface area contributed by atoms with E-state index >= 15 is 0 Å². The molecule has 0 bridgehead atoms. The minimum Gasteiger partial charge on any atom is -0.370 e. The van der Waals surface area contributed by atoms with E-state index in [1.165, 1.54) is 0 Å². The van der Waals surface area contributed by atoms with Gasteiger partial charge in [0, 0.05) is 55.6 Å². The van der Waals surface area contributed by atoms with Crippen molar-refractivity contribution in [1.82, 2.24) is 19.8 Å². The zero-order chi connectivity index (χ0) is 18.5. The Bertz CT molecular complexity index is 751. The monoisotopic (exact) mass is 353 g/mol. The molecule has 6 heteroatoms. The van der Waals surface area contributed by atoms with Crippen LogP contribution in [-0.4, -0.2) is 65.4 Å². The minimum atomic E-state index is 0.0973. The number of hydrogen-bond acceptors (Lipinski definition) is 5. The Hall–Kier alpha value is -2.47. The fourth-order valence-electron chi connectivity index (χ4n) is 3.00. The highest BCUT2D eigenvalue weighted by Gasteiger charge is 2.20. The number of rotatable bonds is 5. The van der Waals surface area contributed by atoms with Crippen LogP contribution in [0.4, 0.5) is 5.82 Å². The van der Waals surface area contributed by atoms with Gasteiger partial charge in [0.05, 0.1) is 0 Å². The molecule has 0 atom stereocenters. The van der Waals surface area contributed by atoms with E-state index in [9.17, 15) is 4.79 Å². The van der Waals surface area contributed by atoms with Crippen LogP contribution in [0.3, 0.4) is 0 Å². The van der Waals surface area contributed by atoms with Gasteiger partial charge in [-0.15, -0.1) is 0 Å². The number of nitrogens with zero attached hydrogens (tertiary/aromatic N) is 4. The quantitative estimate of drug-likeness (QED) is 0.895. The summed E-state index contributed by atoms with van der Waals surface area (Å²) in [6, 6.07) is 9.56. The van der Waals surface area contributed by atoms with Crippen LogP contribution in [0.2, 0.25) is 0 Å². The number of aryl methyl sites for hydroxylation is 1. The average molecular weight is 353 g/mol. The molecular weight excluding hydrogens is 326 g/mol. The third kappa shape index (κ3) is 4.38. The van der Waals surface area contributed by atoms with E-state index in [4.69, 9.17) is 0 Å². The lowest BCUT2D eigenvalue weighted by molar-refractivity contribution is 0.0664. The summed E-state index contributed by atoms with van der Waals surface area (Å²) >= 11 is 0. The number of amides is 1. The van der Waals surface area contributed by atoms with Crippen LogP contribution in [0, 0.1) is 6.92 Å². The molecule has 1 aliphatic heterocycles. The first-order valence-corrected chi connectivity index (χ1v) is 9.24. The van der Waals surface area contributed by atoms with Gasteiger partial charge in [-0.3, -0.25) is 4.79 Å². The highest BCUT2D eigenvalue weighted by molar-refractivity contribution is 5.94. The summed E-state index contributed by atoms with van der Waals surface area (Å²) in [6.45, 7) is 8.39. The molecule has 2 heterocycles. The van der Waals surface area contributed by atoms with Gasteiger partial charge in [-0.1, -0.05) is 19.1 Å². The minimum absolute atomic E-state index is 0.0973. The zero-order valence-electron chi connectivity index (χ0n) is 15.8. The largest absolute Gasteiger partial charge is 0.370 e. The molecule has 0 spiro atoms. The van der Waals surface area contributed by atoms with Gasteiger partial charge >= 0.3 is 0 Å². The number of aromatic nitrogens is 2. The number of nitrogens with one attached hydrogen (secondary N) is 1. The molecule has 1 aliphatic rings. The van der Waals surface area contributed by atoms with Crippen LogP contribution in [-0.2, 0) is 0 Å². The van der Waals surface area contributed by atoms with Gasteiger partial charge in [-0.05, 0) is 32.5 Å². The molecule has 3 rings (SSSR count). The van der Waals surface area contributed by atoms with E-state index in [1.807, 2.05) is 42.2 Å². The SMILES string of the molecule is CCCNc1cc(C)nc(-c2ccc(C(=O)N3CCN(C)CC3)cc2)n1. The lowest BCUT2D eigenvalue weighted by atomic mass is 10.1. The van der Waals surface area contributed by atoms with Crippen molar-refractivity contribution in [1.29, 1.82) is 0 Å². The van der Waals surface area contributed by atoms with Gasteiger partial charge in [0.1, 0.15) is 5.82 Å². The summed E-state index contributed by atoms with van der Waals surface area (Å²) in [5.41, 5.74) is 2.56. The van der Waals surface area contributed by atoms with Gasteiger partial charge in [0.25, 0.3) is 5.91 Å².